The molecule has 0 aliphatic carbocycles. The minimum Gasteiger partial charge on any atom is -0.463 e. The van der Waals surface area contributed by atoms with Crippen molar-refractivity contribution in [3.63, 3.8) is 0 Å². The summed E-state index contributed by atoms with van der Waals surface area (Å²) < 4.78 is 7.36. The van der Waals surface area contributed by atoms with E-state index < -0.39 is 0 Å². The number of amides is 2. The molecule has 0 radical (unpaired) electrons. The van der Waals surface area contributed by atoms with Gasteiger partial charge in [-0.25, -0.2) is 9.67 Å². The zero-order valence-corrected chi connectivity index (χ0v) is 19.9. The summed E-state index contributed by atoms with van der Waals surface area (Å²) in [5, 5.41) is 8.37. The lowest BCUT2D eigenvalue weighted by Crippen LogP contribution is -2.48. The van der Waals surface area contributed by atoms with Gasteiger partial charge >= 0.3 is 0 Å². The topological polar surface area (TPSA) is 93.3 Å². The third-order valence-corrected chi connectivity index (χ3v) is 6.55. The lowest BCUT2D eigenvalue weighted by molar-refractivity contribution is -0.136. The van der Waals surface area contributed by atoms with E-state index in [1.807, 2.05) is 29.5 Å². The molecule has 0 unspecified atom stereocenters. The molecule has 0 atom stereocenters. The zero-order chi connectivity index (χ0) is 23.5. The minimum atomic E-state index is -0.150. The Morgan fingerprint density at radius 2 is 1.94 bits per heavy atom. The van der Waals surface area contributed by atoms with Crippen molar-refractivity contribution >= 4 is 22.8 Å². The molecule has 1 fully saturated rings. The molecule has 176 valence electrons. The van der Waals surface area contributed by atoms with E-state index in [-0.39, 0.29) is 29.8 Å². The number of carbonyl (C=O) groups excluding carboxylic acids is 2. The number of rotatable bonds is 7. The Morgan fingerprint density at radius 1 is 1.21 bits per heavy atom. The first-order chi connectivity index (χ1) is 15.9. The molecular weight excluding hydrogens is 418 g/mol. The molecule has 2 amide bonds. The number of fused-ring (bicyclic) bond motifs is 1. The van der Waals surface area contributed by atoms with Crippen LogP contribution in [0.3, 0.4) is 0 Å². The van der Waals surface area contributed by atoms with Gasteiger partial charge in [0.2, 0.25) is 5.91 Å². The van der Waals surface area contributed by atoms with E-state index in [1.54, 1.807) is 24.6 Å². The van der Waals surface area contributed by atoms with E-state index in [4.69, 9.17) is 9.40 Å². The third kappa shape index (κ3) is 4.65. The molecule has 8 heteroatoms. The molecule has 4 rings (SSSR count). The van der Waals surface area contributed by atoms with E-state index in [1.165, 1.54) is 0 Å². The number of hydrogen-bond donors (Lipinski definition) is 1. The summed E-state index contributed by atoms with van der Waals surface area (Å²) in [6.07, 6.45) is 6.54. The van der Waals surface area contributed by atoms with E-state index in [0.29, 0.717) is 35.8 Å². The van der Waals surface area contributed by atoms with Gasteiger partial charge < -0.3 is 14.6 Å². The Bertz CT molecular complexity index is 1110. The fourth-order valence-corrected chi connectivity index (χ4v) is 4.54. The summed E-state index contributed by atoms with van der Waals surface area (Å²) in [5.74, 6) is 0.794. The van der Waals surface area contributed by atoms with Gasteiger partial charge in [-0.15, -0.1) is 0 Å². The van der Waals surface area contributed by atoms with Gasteiger partial charge in [0.15, 0.2) is 11.4 Å². The maximum Gasteiger partial charge on any atom is 0.252 e. The Hall–Kier alpha value is -3.16. The first kappa shape index (κ1) is 23.0. The number of hydrogen-bond acceptors (Lipinski definition) is 5. The lowest BCUT2D eigenvalue weighted by Gasteiger charge is -2.34. The Labute approximate surface area is 194 Å². The lowest BCUT2D eigenvalue weighted by atomic mass is 9.98. The van der Waals surface area contributed by atoms with Gasteiger partial charge in [0.25, 0.3) is 5.91 Å². The highest BCUT2D eigenvalue weighted by Gasteiger charge is 2.28. The predicted molar refractivity (Wildman–Crippen MR) is 127 cm³/mol. The molecule has 3 aromatic heterocycles. The van der Waals surface area contributed by atoms with Crippen LogP contribution in [0.25, 0.3) is 22.5 Å². The van der Waals surface area contributed by atoms with Crippen LogP contribution in [0.1, 0.15) is 69.8 Å². The Kier molecular flexibility index (Phi) is 6.81. The number of likely N-dealkylation sites (tertiary alicyclic amines) is 1. The third-order valence-electron chi connectivity index (χ3n) is 6.55. The molecule has 8 nitrogen and oxygen atoms in total. The van der Waals surface area contributed by atoms with Gasteiger partial charge in [0.1, 0.15) is 5.69 Å². The molecule has 1 aliphatic heterocycles. The molecule has 4 heterocycles. The standard InChI is InChI=1S/C25H33N5O3/c1-5-17(6-2)25(32)29-11-9-18(10-12-29)27-24(31)19-14-21(22-8-7-13-33-22)28-23-20(19)15-26-30(23)16(3)4/h7-8,13-18H,5-6,9-12H2,1-4H3,(H,27,31). The molecule has 1 aliphatic rings. The van der Waals surface area contributed by atoms with Crippen molar-refractivity contribution in [3.8, 4) is 11.5 Å². The normalized spacial score (nSPS) is 15.0. The number of nitrogens with one attached hydrogen (secondary N) is 1. The largest absolute Gasteiger partial charge is 0.463 e. The molecule has 0 saturated carbocycles. The summed E-state index contributed by atoms with van der Waals surface area (Å²) in [6, 6.07) is 5.54. The summed E-state index contributed by atoms with van der Waals surface area (Å²) >= 11 is 0. The van der Waals surface area contributed by atoms with E-state index in [2.05, 4.69) is 24.3 Å². The second-order valence-corrected chi connectivity index (χ2v) is 9.04. The number of furan rings is 1. The second-order valence-electron chi connectivity index (χ2n) is 9.04. The first-order valence-electron chi connectivity index (χ1n) is 11.9. The van der Waals surface area contributed by atoms with E-state index in [9.17, 15) is 9.59 Å². The van der Waals surface area contributed by atoms with Crippen LogP contribution < -0.4 is 5.32 Å². The predicted octanol–water partition coefficient (Wildman–Crippen LogP) is 4.43. The van der Waals surface area contributed by atoms with Gasteiger partial charge in [0, 0.05) is 31.1 Å². The van der Waals surface area contributed by atoms with Crippen LogP contribution in [0.2, 0.25) is 0 Å². The number of piperidine rings is 1. The maximum atomic E-state index is 13.4. The minimum absolute atomic E-state index is 0.0266. The van der Waals surface area contributed by atoms with E-state index in [0.717, 1.165) is 31.1 Å². The van der Waals surface area contributed by atoms with E-state index >= 15 is 0 Å². The van der Waals surface area contributed by atoms with Crippen LogP contribution in [-0.2, 0) is 4.79 Å². The van der Waals surface area contributed by atoms with Crippen LogP contribution >= 0.6 is 0 Å². The fraction of sp³-hybridized carbons (Fsp3) is 0.520. The molecule has 0 aromatic carbocycles. The van der Waals surface area contributed by atoms with Gasteiger partial charge in [-0.2, -0.15) is 5.10 Å². The van der Waals surface area contributed by atoms with Crippen molar-refractivity contribution in [2.75, 3.05) is 13.1 Å². The SMILES string of the molecule is CCC(CC)C(=O)N1CCC(NC(=O)c2cc(-c3ccco3)nc3c2cnn3C(C)C)CC1. The molecule has 33 heavy (non-hydrogen) atoms. The Morgan fingerprint density at radius 3 is 2.55 bits per heavy atom. The van der Waals surface area contributed by atoms with Crippen LogP contribution in [0, 0.1) is 5.92 Å². The van der Waals surface area contributed by atoms with Gasteiger partial charge in [0.05, 0.1) is 23.4 Å². The average Bonchev–Trinajstić information content (AvgIpc) is 3.50. The monoisotopic (exact) mass is 451 g/mol. The summed E-state index contributed by atoms with van der Waals surface area (Å²) in [7, 11) is 0. The van der Waals surface area contributed by atoms with Crippen LogP contribution in [0.4, 0.5) is 0 Å². The van der Waals surface area contributed by atoms with Gasteiger partial charge in [-0.1, -0.05) is 13.8 Å². The second kappa shape index (κ2) is 9.77. The summed E-state index contributed by atoms with van der Waals surface area (Å²) in [6.45, 7) is 9.54. The van der Waals surface area contributed by atoms with Crippen molar-refractivity contribution in [1.82, 2.24) is 25.0 Å². The fourth-order valence-electron chi connectivity index (χ4n) is 4.54. The van der Waals surface area contributed by atoms with Crippen molar-refractivity contribution in [2.24, 2.45) is 5.92 Å². The van der Waals surface area contributed by atoms with Crippen molar-refractivity contribution < 1.29 is 14.0 Å². The maximum absolute atomic E-state index is 13.4. The van der Waals surface area contributed by atoms with Crippen molar-refractivity contribution in [3.05, 3.63) is 36.2 Å². The molecular formula is C25H33N5O3. The summed E-state index contributed by atoms with van der Waals surface area (Å²) in [5.41, 5.74) is 1.80. The number of carbonyl (C=O) groups is 2. The highest BCUT2D eigenvalue weighted by atomic mass is 16.3. The van der Waals surface area contributed by atoms with Crippen LogP contribution in [0.5, 0.6) is 0 Å². The smallest absolute Gasteiger partial charge is 0.252 e. The quantitative estimate of drug-likeness (QED) is 0.574. The number of pyridine rings is 1. The molecule has 1 N–H and O–H groups in total. The first-order valence-corrected chi connectivity index (χ1v) is 11.9. The van der Waals surface area contributed by atoms with Crippen molar-refractivity contribution in [1.29, 1.82) is 0 Å². The summed E-state index contributed by atoms with van der Waals surface area (Å²) in [4.78, 5) is 32.7. The molecule has 0 bridgehead atoms. The zero-order valence-electron chi connectivity index (χ0n) is 19.9. The highest BCUT2D eigenvalue weighted by Crippen LogP contribution is 2.27. The van der Waals surface area contributed by atoms with Crippen LogP contribution in [-0.4, -0.2) is 50.6 Å². The Balaban J connectivity index is 1.53. The van der Waals surface area contributed by atoms with Crippen LogP contribution in [0.15, 0.2) is 35.1 Å². The highest BCUT2D eigenvalue weighted by molar-refractivity contribution is 6.06. The van der Waals surface area contributed by atoms with Gasteiger partial charge in [-0.3, -0.25) is 9.59 Å². The molecule has 0 spiro atoms. The van der Waals surface area contributed by atoms with Gasteiger partial charge in [-0.05, 0) is 57.7 Å². The number of nitrogens with zero attached hydrogens (tertiary/aromatic N) is 4. The number of aromatic nitrogens is 3. The van der Waals surface area contributed by atoms with Crippen molar-refractivity contribution in [2.45, 2.75) is 65.5 Å². The average molecular weight is 452 g/mol. The molecule has 1 saturated heterocycles. The molecule has 3 aromatic rings.